The summed E-state index contributed by atoms with van der Waals surface area (Å²) in [5.41, 5.74) is 6.63. The van der Waals surface area contributed by atoms with Crippen LogP contribution < -0.4 is 20.5 Å². The number of nitrogens with one attached hydrogen (secondary N) is 1. The van der Waals surface area contributed by atoms with Gasteiger partial charge in [0, 0.05) is 18.8 Å². The Morgan fingerprint density at radius 1 is 1.26 bits per heavy atom. The van der Waals surface area contributed by atoms with Crippen molar-refractivity contribution >= 4 is 5.91 Å². The van der Waals surface area contributed by atoms with Crippen LogP contribution in [0.15, 0.2) is 36.5 Å². The second-order valence-corrected chi connectivity index (χ2v) is 5.01. The smallest absolute Gasteiger partial charge is 0.250 e. The largest absolute Gasteiger partial charge is 0.493 e. The van der Waals surface area contributed by atoms with Gasteiger partial charge in [0.15, 0.2) is 11.5 Å². The Kier molecular flexibility index (Phi) is 5.94. The van der Waals surface area contributed by atoms with Crippen molar-refractivity contribution in [2.45, 2.75) is 19.9 Å². The van der Waals surface area contributed by atoms with Crippen LogP contribution in [0.2, 0.25) is 0 Å². The number of carbonyl (C=O) groups excluding carboxylic acids is 1. The second kappa shape index (κ2) is 8.14. The maximum absolute atomic E-state index is 11.0. The van der Waals surface area contributed by atoms with E-state index in [1.165, 1.54) is 6.20 Å². The number of hydrogen-bond acceptors (Lipinski definition) is 5. The molecule has 1 heterocycles. The average molecular weight is 315 g/mol. The van der Waals surface area contributed by atoms with E-state index in [1.54, 1.807) is 19.2 Å². The van der Waals surface area contributed by atoms with E-state index in [-0.39, 0.29) is 0 Å². The van der Waals surface area contributed by atoms with Gasteiger partial charge in [0.25, 0.3) is 0 Å². The number of nitrogens with zero attached hydrogens (tertiary/aromatic N) is 1. The lowest BCUT2D eigenvalue weighted by molar-refractivity contribution is 0.1000. The van der Waals surface area contributed by atoms with Gasteiger partial charge in [-0.2, -0.15) is 0 Å². The van der Waals surface area contributed by atoms with Crippen molar-refractivity contribution in [1.82, 2.24) is 10.3 Å². The Bertz CT molecular complexity index is 657. The summed E-state index contributed by atoms with van der Waals surface area (Å²) in [6, 6.07) is 8.90. The Morgan fingerprint density at radius 2 is 2.09 bits per heavy atom. The first-order valence-electron chi connectivity index (χ1n) is 7.45. The third-order valence-corrected chi connectivity index (χ3v) is 3.22. The lowest BCUT2D eigenvalue weighted by Gasteiger charge is -2.12. The average Bonchev–Trinajstić information content (AvgIpc) is 2.56. The summed E-state index contributed by atoms with van der Waals surface area (Å²) in [5.74, 6) is 1.03. The van der Waals surface area contributed by atoms with Crippen molar-refractivity contribution in [2.24, 2.45) is 5.73 Å². The van der Waals surface area contributed by atoms with Gasteiger partial charge in [-0.05, 0) is 36.7 Å². The minimum Gasteiger partial charge on any atom is -0.493 e. The number of carbonyl (C=O) groups is 1. The molecule has 0 fully saturated rings. The fourth-order valence-electron chi connectivity index (χ4n) is 2.01. The second-order valence-electron chi connectivity index (χ2n) is 5.01. The van der Waals surface area contributed by atoms with Gasteiger partial charge in [0.05, 0.1) is 12.7 Å². The first kappa shape index (κ1) is 16.8. The molecule has 6 heteroatoms. The van der Waals surface area contributed by atoms with Crippen molar-refractivity contribution in [3.8, 4) is 17.4 Å². The molecule has 0 spiro atoms. The van der Waals surface area contributed by atoms with Crippen LogP contribution in [0.3, 0.4) is 0 Å². The van der Waals surface area contributed by atoms with Gasteiger partial charge < -0.3 is 20.5 Å². The van der Waals surface area contributed by atoms with E-state index in [0.717, 1.165) is 25.1 Å². The van der Waals surface area contributed by atoms with Gasteiger partial charge in [0.2, 0.25) is 11.8 Å². The molecular formula is C17H21N3O3. The predicted octanol–water partition coefficient (Wildman–Crippen LogP) is 2.48. The zero-order chi connectivity index (χ0) is 16.7. The summed E-state index contributed by atoms with van der Waals surface area (Å²) in [6.07, 6.45) is 2.47. The van der Waals surface area contributed by atoms with Gasteiger partial charge in [0.1, 0.15) is 0 Å². The number of benzene rings is 1. The van der Waals surface area contributed by atoms with Crippen molar-refractivity contribution < 1.29 is 14.3 Å². The number of pyridine rings is 1. The van der Waals surface area contributed by atoms with Crippen molar-refractivity contribution in [3.05, 3.63) is 47.7 Å². The van der Waals surface area contributed by atoms with Crippen LogP contribution in [-0.2, 0) is 6.54 Å². The van der Waals surface area contributed by atoms with E-state index in [1.807, 2.05) is 18.2 Å². The number of primary amides is 1. The molecule has 0 saturated heterocycles. The van der Waals surface area contributed by atoms with E-state index in [2.05, 4.69) is 17.2 Å². The number of aromatic nitrogens is 1. The molecular weight excluding hydrogens is 294 g/mol. The molecule has 0 aliphatic carbocycles. The normalized spacial score (nSPS) is 10.3. The first-order valence-corrected chi connectivity index (χ1v) is 7.45. The number of methoxy groups -OCH3 is 1. The fraction of sp³-hybridized carbons (Fsp3) is 0.294. The molecule has 23 heavy (non-hydrogen) atoms. The highest BCUT2D eigenvalue weighted by atomic mass is 16.5. The van der Waals surface area contributed by atoms with Crippen molar-refractivity contribution in [2.75, 3.05) is 13.7 Å². The quantitative estimate of drug-likeness (QED) is 0.731. The standard InChI is InChI=1S/C17H21N3O3/c1-3-8-19-10-12-4-6-14(15(9-12)22-2)23-16-7-5-13(11-20-16)17(18)21/h4-7,9,11,19H,3,8,10H2,1-2H3,(H2,18,21). The van der Waals surface area contributed by atoms with Gasteiger partial charge in [-0.3, -0.25) is 4.79 Å². The third-order valence-electron chi connectivity index (χ3n) is 3.22. The maximum Gasteiger partial charge on any atom is 0.250 e. The van der Waals surface area contributed by atoms with E-state index in [4.69, 9.17) is 15.2 Å². The minimum atomic E-state index is -0.523. The summed E-state index contributed by atoms with van der Waals surface area (Å²) in [6.45, 7) is 3.87. The maximum atomic E-state index is 11.0. The molecule has 0 saturated carbocycles. The highest BCUT2D eigenvalue weighted by molar-refractivity contribution is 5.92. The van der Waals surface area contributed by atoms with Crippen molar-refractivity contribution in [1.29, 1.82) is 0 Å². The Balaban J connectivity index is 2.11. The SMILES string of the molecule is CCCNCc1ccc(Oc2ccc(C(N)=O)cn2)c(OC)c1. The molecule has 1 aromatic carbocycles. The Labute approximate surface area is 135 Å². The molecule has 0 aliphatic rings. The van der Waals surface area contributed by atoms with Crippen LogP contribution in [0, 0.1) is 0 Å². The predicted molar refractivity (Wildman–Crippen MR) is 87.8 cm³/mol. The summed E-state index contributed by atoms with van der Waals surface area (Å²) in [5, 5.41) is 3.34. The zero-order valence-electron chi connectivity index (χ0n) is 13.3. The molecule has 122 valence electrons. The number of rotatable bonds is 8. The van der Waals surface area contributed by atoms with Crippen LogP contribution >= 0.6 is 0 Å². The lowest BCUT2D eigenvalue weighted by atomic mass is 10.2. The van der Waals surface area contributed by atoms with Crippen LogP contribution in [0.1, 0.15) is 29.3 Å². The van der Waals surface area contributed by atoms with Crippen LogP contribution in [0.4, 0.5) is 0 Å². The molecule has 3 N–H and O–H groups in total. The van der Waals surface area contributed by atoms with Gasteiger partial charge in [-0.25, -0.2) is 4.98 Å². The summed E-state index contributed by atoms with van der Waals surface area (Å²) in [7, 11) is 1.59. The zero-order valence-corrected chi connectivity index (χ0v) is 13.3. The number of hydrogen-bond donors (Lipinski definition) is 2. The van der Waals surface area contributed by atoms with E-state index in [9.17, 15) is 4.79 Å². The summed E-state index contributed by atoms with van der Waals surface area (Å²) < 4.78 is 11.1. The molecule has 2 aromatic rings. The monoisotopic (exact) mass is 315 g/mol. The molecule has 1 aromatic heterocycles. The highest BCUT2D eigenvalue weighted by Gasteiger charge is 2.09. The Hall–Kier alpha value is -2.60. The third kappa shape index (κ3) is 4.69. The first-order chi connectivity index (χ1) is 11.1. The van der Waals surface area contributed by atoms with Gasteiger partial charge in [-0.15, -0.1) is 0 Å². The number of ether oxygens (including phenoxy) is 2. The van der Waals surface area contributed by atoms with Crippen LogP contribution in [-0.4, -0.2) is 24.5 Å². The van der Waals surface area contributed by atoms with E-state index >= 15 is 0 Å². The minimum absolute atomic E-state index is 0.335. The molecule has 0 radical (unpaired) electrons. The molecule has 0 atom stereocenters. The number of amides is 1. The van der Waals surface area contributed by atoms with Crippen LogP contribution in [0.5, 0.6) is 17.4 Å². The molecule has 1 amide bonds. The topological polar surface area (TPSA) is 86.5 Å². The van der Waals surface area contributed by atoms with Gasteiger partial charge in [-0.1, -0.05) is 13.0 Å². The van der Waals surface area contributed by atoms with Gasteiger partial charge >= 0.3 is 0 Å². The summed E-state index contributed by atoms with van der Waals surface area (Å²) >= 11 is 0. The fourth-order valence-corrected chi connectivity index (χ4v) is 2.01. The molecule has 0 aliphatic heterocycles. The number of nitrogens with two attached hydrogens (primary N) is 1. The Morgan fingerprint density at radius 3 is 2.70 bits per heavy atom. The molecule has 2 rings (SSSR count). The van der Waals surface area contributed by atoms with E-state index in [0.29, 0.717) is 22.9 Å². The summed E-state index contributed by atoms with van der Waals surface area (Å²) in [4.78, 5) is 15.1. The lowest BCUT2D eigenvalue weighted by Crippen LogP contribution is -2.13. The molecule has 0 unspecified atom stereocenters. The van der Waals surface area contributed by atoms with Crippen molar-refractivity contribution in [3.63, 3.8) is 0 Å². The van der Waals surface area contributed by atoms with E-state index < -0.39 is 5.91 Å². The highest BCUT2D eigenvalue weighted by Crippen LogP contribution is 2.31. The molecule has 6 nitrogen and oxygen atoms in total. The molecule has 0 bridgehead atoms. The van der Waals surface area contributed by atoms with Crippen LogP contribution in [0.25, 0.3) is 0 Å².